The first kappa shape index (κ1) is 13.5. The Morgan fingerprint density at radius 1 is 1.33 bits per heavy atom. The molecule has 1 aliphatic rings. The quantitative estimate of drug-likeness (QED) is 0.845. The van der Waals surface area contributed by atoms with Crippen molar-refractivity contribution in [1.82, 2.24) is 15.0 Å². The smallest absolute Gasteiger partial charge is 0.111 e. The molecule has 2 rings (SSSR count). The number of nitrogens with zero attached hydrogens (tertiary/aromatic N) is 3. The fourth-order valence-corrected chi connectivity index (χ4v) is 2.60. The molecule has 1 fully saturated rings. The van der Waals surface area contributed by atoms with Gasteiger partial charge in [-0.15, -0.1) is 5.10 Å². The first-order valence-corrected chi connectivity index (χ1v) is 7.17. The molecular weight excluding hydrogens is 226 g/mol. The Morgan fingerprint density at radius 3 is 2.56 bits per heavy atom. The van der Waals surface area contributed by atoms with Crippen LogP contribution in [0.1, 0.15) is 63.9 Å². The van der Waals surface area contributed by atoms with Crippen LogP contribution in [-0.2, 0) is 13.0 Å². The van der Waals surface area contributed by atoms with Gasteiger partial charge in [0, 0.05) is 0 Å². The largest absolute Gasteiger partial charge is 0.390 e. The number of rotatable bonds is 6. The molecule has 0 aliphatic heterocycles. The standard InChI is InChI=1S/C14H25N3O/c1-10(2)7-8-14-13(9-18)15-16-17(14)11(3)12-5-4-6-12/h10-12,18H,4-9H2,1-3H3. The van der Waals surface area contributed by atoms with E-state index in [1.807, 2.05) is 0 Å². The summed E-state index contributed by atoms with van der Waals surface area (Å²) >= 11 is 0. The van der Waals surface area contributed by atoms with E-state index >= 15 is 0 Å². The lowest BCUT2D eigenvalue weighted by Crippen LogP contribution is -2.25. The normalized spacial score (nSPS) is 18.1. The maximum absolute atomic E-state index is 9.37. The van der Waals surface area contributed by atoms with E-state index in [0.717, 1.165) is 30.1 Å². The highest BCUT2D eigenvalue weighted by Gasteiger charge is 2.28. The van der Waals surface area contributed by atoms with E-state index in [4.69, 9.17) is 0 Å². The third-order valence-electron chi connectivity index (χ3n) is 4.20. The zero-order valence-corrected chi connectivity index (χ0v) is 11.8. The molecule has 4 nitrogen and oxygen atoms in total. The number of aliphatic hydroxyl groups is 1. The van der Waals surface area contributed by atoms with Crippen LogP contribution in [-0.4, -0.2) is 20.1 Å². The Morgan fingerprint density at radius 2 is 2.06 bits per heavy atom. The van der Waals surface area contributed by atoms with Crippen molar-refractivity contribution < 1.29 is 5.11 Å². The first-order valence-electron chi connectivity index (χ1n) is 7.17. The summed E-state index contributed by atoms with van der Waals surface area (Å²) in [6.07, 6.45) is 6.05. The molecule has 102 valence electrons. The lowest BCUT2D eigenvalue weighted by molar-refractivity contribution is 0.204. The minimum absolute atomic E-state index is 0.00478. The molecule has 0 saturated heterocycles. The predicted octanol–water partition coefficient (Wildman–Crippen LogP) is 2.72. The van der Waals surface area contributed by atoms with Gasteiger partial charge in [-0.2, -0.15) is 0 Å². The zero-order chi connectivity index (χ0) is 13.1. The Bertz CT molecular complexity index is 382. The molecule has 1 aliphatic carbocycles. The van der Waals surface area contributed by atoms with E-state index in [1.165, 1.54) is 19.3 Å². The summed E-state index contributed by atoms with van der Waals surface area (Å²) < 4.78 is 2.07. The van der Waals surface area contributed by atoms with Crippen LogP contribution in [0.3, 0.4) is 0 Å². The number of hydrogen-bond donors (Lipinski definition) is 1. The third kappa shape index (κ3) is 2.74. The predicted molar refractivity (Wildman–Crippen MR) is 71.2 cm³/mol. The van der Waals surface area contributed by atoms with Crippen molar-refractivity contribution in [2.75, 3.05) is 0 Å². The summed E-state index contributed by atoms with van der Waals surface area (Å²) in [5.74, 6) is 1.41. The molecule has 1 saturated carbocycles. The minimum atomic E-state index is 0.00478. The van der Waals surface area contributed by atoms with E-state index in [1.54, 1.807) is 0 Å². The lowest BCUT2D eigenvalue weighted by atomic mass is 9.80. The average Bonchev–Trinajstić information content (AvgIpc) is 2.66. The molecule has 0 aromatic carbocycles. The Kier molecular flexibility index (Phi) is 4.38. The Hall–Kier alpha value is -0.900. The molecule has 0 bridgehead atoms. The molecule has 0 amide bonds. The van der Waals surface area contributed by atoms with Crippen molar-refractivity contribution >= 4 is 0 Å². The van der Waals surface area contributed by atoms with Gasteiger partial charge < -0.3 is 5.11 Å². The van der Waals surface area contributed by atoms with Gasteiger partial charge in [0.05, 0.1) is 18.3 Å². The van der Waals surface area contributed by atoms with Gasteiger partial charge in [0.25, 0.3) is 0 Å². The molecule has 4 heteroatoms. The van der Waals surface area contributed by atoms with E-state index in [9.17, 15) is 5.11 Å². The first-order chi connectivity index (χ1) is 8.63. The fraction of sp³-hybridized carbons (Fsp3) is 0.857. The highest BCUT2D eigenvalue weighted by Crippen LogP contribution is 2.36. The van der Waals surface area contributed by atoms with Crippen molar-refractivity contribution in [2.24, 2.45) is 11.8 Å². The molecule has 1 atom stereocenters. The molecule has 1 aromatic rings. The van der Waals surface area contributed by atoms with Crippen LogP contribution < -0.4 is 0 Å². The van der Waals surface area contributed by atoms with Crippen LogP contribution in [0.4, 0.5) is 0 Å². The van der Waals surface area contributed by atoms with Gasteiger partial charge in [0.15, 0.2) is 0 Å². The maximum Gasteiger partial charge on any atom is 0.111 e. The number of aliphatic hydroxyl groups excluding tert-OH is 1. The topological polar surface area (TPSA) is 50.9 Å². The van der Waals surface area contributed by atoms with Crippen molar-refractivity contribution in [2.45, 2.75) is 65.5 Å². The van der Waals surface area contributed by atoms with Crippen LogP contribution in [0.25, 0.3) is 0 Å². The highest BCUT2D eigenvalue weighted by atomic mass is 16.3. The molecule has 1 unspecified atom stereocenters. The van der Waals surface area contributed by atoms with Gasteiger partial charge in [-0.1, -0.05) is 25.5 Å². The summed E-state index contributed by atoms with van der Waals surface area (Å²) in [7, 11) is 0. The summed E-state index contributed by atoms with van der Waals surface area (Å²) in [6.45, 7) is 6.69. The van der Waals surface area contributed by atoms with Crippen molar-refractivity contribution in [3.8, 4) is 0 Å². The van der Waals surface area contributed by atoms with Gasteiger partial charge in [0.2, 0.25) is 0 Å². The monoisotopic (exact) mass is 251 g/mol. The second kappa shape index (κ2) is 5.83. The zero-order valence-electron chi connectivity index (χ0n) is 11.8. The highest BCUT2D eigenvalue weighted by molar-refractivity contribution is 5.10. The summed E-state index contributed by atoms with van der Waals surface area (Å²) in [5.41, 5.74) is 1.91. The van der Waals surface area contributed by atoms with Gasteiger partial charge in [-0.3, -0.25) is 0 Å². The van der Waals surface area contributed by atoms with E-state index < -0.39 is 0 Å². The Balaban J connectivity index is 2.14. The molecule has 1 N–H and O–H groups in total. The SMILES string of the molecule is CC(C)CCc1c(CO)nnn1C(C)C1CCC1. The van der Waals surface area contributed by atoms with E-state index in [-0.39, 0.29) is 6.61 Å². The number of aromatic nitrogens is 3. The lowest BCUT2D eigenvalue weighted by Gasteiger charge is -2.32. The average molecular weight is 251 g/mol. The summed E-state index contributed by atoms with van der Waals surface area (Å²) in [4.78, 5) is 0. The second-order valence-corrected chi connectivity index (χ2v) is 5.95. The maximum atomic E-state index is 9.37. The Labute approximate surface area is 109 Å². The van der Waals surface area contributed by atoms with Crippen LogP contribution in [0.2, 0.25) is 0 Å². The van der Waals surface area contributed by atoms with Crippen LogP contribution in [0.5, 0.6) is 0 Å². The summed E-state index contributed by atoms with van der Waals surface area (Å²) in [5, 5.41) is 17.8. The van der Waals surface area contributed by atoms with Crippen molar-refractivity contribution in [3.63, 3.8) is 0 Å². The van der Waals surface area contributed by atoms with E-state index in [0.29, 0.717) is 12.0 Å². The molecule has 18 heavy (non-hydrogen) atoms. The fourth-order valence-electron chi connectivity index (χ4n) is 2.60. The van der Waals surface area contributed by atoms with Crippen molar-refractivity contribution in [1.29, 1.82) is 0 Å². The minimum Gasteiger partial charge on any atom is -0.390 e. The molecule has 1 heterocycles. The second-order valence-electron chi connectivity index (χ2n) is 5.95. The van der Waals surface area contributed by atoms with Crippen LogP contribution >= 0.6 is 0 Å². The molecular formula is C14H25N3O. The van der Waals surface area contributed by atoms with Crippen molar-refractivity contribution in [3.05, 3.63) is 11.4 Å². The number of hydrogen-bond acceptors (Lipinski definition) is 3. The van der Waals surface area contributed by atoms with Gasteiger partial charge >= 0.3 is 0 Å². The van der Waals surface area contributed by atoms with E-state index in [2.05, 4.69) is 35.8 Å². The van der Waals surface area contributed by atoms with Gasteiger partial charge in [0.1, 0.15) is 5.69 Å². The molecule has 0 radical (unpaired) electrons. The molecule has 0 spiro atoms. The van der Waals surface area contributed by atoms with Crippen LogP contribution in [0.15, 0.2) is 0 Å². The van der Waals surface area contributed by atoms with Gasteiger partial charge in [-0.05, 0) is 44.4 Å². The summed E-state index contributed by atoms with van der Waals surface area (Å²) in [6, 6.07) is 0.425. The van der Waals surface area contributed by atoms with Gasteiger partial charge in [-0.25, -0.2) is 4.68 Å². The third-order valence-corrected chi connectivity index (χ3v) is 4.20. The molecule has 1 aromatic heterocycles. The van der Waals surface area contributed by atoms with Crippen LogP contribution in [0, 0.1) is 11.8 Å².